The molecule has 1 unspecified atom stereocenters. The van der Waals surface area contributed by atoms with Gasteiger partial charge in [0.05, 0.1) is 7.11 Å². The van der Waals surface area contributed by atoms with Crippen molar-refractivity contribution in [2.75, 3.05) is 7.11 Å². The minimum Gasteiger partial charge on any atom is -0.497 e. The summed E-state index contributed by atoms with van der Waals surface area (Å²) in [7, 11) is 1.66. The molecule has 0 saturated carbocycles. The molecule has 74 valence electrons. The summed E-state index contributed by atoms with van der Waals surface area (Å²) in [5.41, 5.74) is 8.14. The predicted molar refractivity (Wildman–Crippen MR) is 57.6 cm³/mol. The van der Waals surface area contributed by atoms with E-state index in [9.17, 15) is 0 Å². The predicted octanol–water partition coefficient (Wildman–Crippen LogP) is 2.45. The van der Waals surface area contributed by atoms with Gasteiger partial charge in [0.15, 0.2) is 0 Å². The van der Waals surface area contributed by atoms with Crippen LogP contribution in [-0.4, -0.2) is 7.11 Å². The standard InChI is InChI=1S/C10H15NO.ClH/c1-7-4-5-9(12-3)6-10(7)8(2)11;/h4-6,8H,11H2,1-3H3;1H. The molecular formula is C10H16ClNO. The lowest BCUT2D eigenvalue weighted by atomic mass is 10.0. The Bertz CT molecular complexity index is 274. The second-order valence-electron chi connectivity index (χ2n) is 3.01. The maximum Gasteiger partial charge on any atom is 0.119 e. The molecule has 0 radical (unpaired) electrons. The van der Waals surface area contributed by atoms with Crippen LogP contribution in [0.4, 0.5) is 0 Å². The van der Waals surface area contributed by atoms with Gasteiger partial charge in [0.2, 0.25) is 0 Å². The number of halogens is 1. The van der Waals surface area contributed by atoms with Crippen molar-refractivity contribution >= 4 is 12.4 Å². The molecule has 0 aliphatic carbocycles. The quantitative estimate of drug-likeness (QED) is 0.798. The minimum atomic E-state index is 0. The fraction of sp³-hybridized carbons (Fsp3) is 0.400. The van der Waals surface area contributed by atoms with Crippen LogP contribution in [-0.2, 0) is 0 Å². The summed E-state index contributed by atoms with van der Waals surface area (Å²) in [6, 6.07) is 6.03. The maximum atomic E-state index is 5.78. The third-order valence-corrected chi connectivity index (χ3v) is 1.98. The Hall–Kier alpha value is -0.730. The number of methoxy groups -OCH3 is 1. The van der Waals surface area contributed by atoms with Gasteiger partial charge in [0.25, 0.3) is 0 Å². The minimum absolute atomic E-state index is 0. The van der Waals surface area contributed by atoms with E-state index in [2.05, 4.69) is 6.92 Å². The van der Waals surface area contributed by atoms with Gasteiger partial charge in [-0.1, -0.05) is 6.07 Å². The van der Waals surface area contributed by atoms with Crippen LogP contribution in [0.25, 0.3) is 0 Å². The van der Waals surface area contributed by atoms with Crippen molar-refractivity contribution in [1.29, 1.82) is 0 Å². The zero-order valence-electron chi connectivity index (χ0n) is 8.20. The maximum absolute atomic E-state index is 5.78. The van der Waals surface area contributed by atoms with E-state index in [0.717, 1.165) is 11.3 Å². The summed E-state index contributed by atoms with van der Waals surface area (Å²) < 4.78 is 5.10. The molecule has 0 aliphatic rings. The van der Waals surface area contributed by atoms with Crippen LogP contribution in [0.2, 0.25) is 0 Å². The molecule has 13 heavy (non-hydrogen) atoms. The first-order valence-corrected chi connectivity index (χ1v) is 4.05. The van der Waals surface area contributed by atoms with Crippen molar-refractivity contribution in [2.24, 2.45) is 5.73 Å². The molecule has 0 aromatic heterocycles. The van der Waals surface area contributed by atoms with Crippen molar-refractivity contribution in [2.45, 2.75) is 19.9 Å². The Kier molecular flexibility index (Phi) is 4.81. The van der Waals surface area contributed by atoms with Crippen LogP contribution < -0.4 is 10.5 Å². The van der Waals surface area contributed by atoms with Gasteiger partial charge < -0.3 is 10.5 Å². The fourth-order valence-electron chi connectivity index (χ4n) is 1.24. The van der Waals surface area contributed by atoms with E-state index in [1.54, 1.807) is 7.11 Å². The summed E-state index contributed by atoms with van der Waals surface area (Å²) in [6.07, 6.45) is 0. The van der Waals surface area contributed by atoms with Crippen LogP contribution in [0.15, 0.2) is 18.2 Å². The van der Waals surface area contributed by atoms with Gasteiger partial charge in [-0.05, 0) is 37.1 Å². The van der Waals surface area contributed by atoms with Gasteiger partial charge in [0.1, 0.15) is 5.75 Å². The molecule has 0 aliphatic heterocycles. The molecule has 2 nitrogen and oxygen atoms in total. The van der Waals surface area contributed by atoms with Crippen LogP contribution in [0, 0.1) is 6.92 Å². The Morgan fingerprint density at radius 3 is 2.46 bits per heavy atom. The number of aryl methyl sites for hydroxylation is 1. The summed E-state index contributed by atoms with van der Waals surface area (Å²) in [4.78, 5) is 0. The number of rotatable bonds is 2. The molecule has 0 fully saturated rings. The van der Waals surface area contributed by atoms with Crippen LogP contribution in [0.5, 0.6) is 5.75 Å². The van der Waals surface area contributed by atoms with Gasteiger partial charge >= 0.3 is 0 Å². The van der Waals surface area contributed by atoms with Crippen molar-refractivity contribution in [1.82, 2.24) is 0 Å². The number of nitrogens with two attached hydrogens (primary N) is 1. The van der Waals surface area contributed by atoms with Crippen molar-refractivity contribution in [3.8, 4) is 5.75 Å². The van der Waals surface area contributed by atoms with Gasteiger partial charge in [-0.15, -0.1) is 12.4 Å². The molecule has 1 atom stereocenters. The van der Waals surface area contributed by atoms with Crippen molar-refractivity contribution in [3.05, 3.63) is 29.3 Å². The molecular weight excluding hydrogens is 186 g/mol. The largest absolute Gasteiger partial charge is 0.497 e. The van der Waals surface area contributed by atoms with E-state index < -0.39 is 0 Å². The average molecular weight is 202 g/mol. The lowest BCUT2D eigenvalue weighted by Gasteiger charge is -2.10. The number of hydrogen-bond acceptors (Lipinski definition) is 2. The highest BCUT2D eigenvalue weighted by atomic mass is 35.5. The summed E-state index contributed by atoms with van der Waals surface area (Å²) in [6.45, 7) is 4.03. The highest BCUT2D eigenvalue weighted by Crippen LogP contribution is 2.21. The Balaban J connectivity index is 0.00000144. The first-order valence-electron chi connectivity index (χ1n) is 4.05. The second kappa shape index (κ2) is 5.10. The van der Waals surface area contributed by atoms with Crippen LogP contribution in [0.1, 0.15) is 24.1 Å². The third-order valence-electron chi connectivity index (χ3n) is 1.98. The normalized spacial score (nSPS) is 11.7. The number of ether oxygens (including phenoxy) is 1. The van der Waals surface area contributed by atoms with E-state index in [1.165, 1.54) is 5.56 Å². The molecule has 0 spiro atoms. The molecule has 1 aromatic carbocycles. The average Bonchev–Trinajstić information content (AvgIpc) is 2.05. The van der Waals surface area contributed by atoms with Crippen molar-refractivity contribution in [3.63, 3.8) is 0 Å². The van der Waals surface area contributed by atoms with Gasteiger partial charge in [-0.3, -0.25) is 0 Å². The monoisotopic (exact) mass is 201 g/mol. The Morgan fingerprint density at radius 1 is 1.38 bits per heavy atom. The lowest BCUT2D eigenvalue weighted by Crippen LogP contribution is -2.06. The van der Waals surface area contributed by atoms with Gasteiger partial charge in [-0.2, -0.15) is 0 Å². The van der Waals surface area contributed by atoms with E-state index in [1.807, 2.05) is 25.1 Å². The van der Waals surface area contributed by atoms with E-state index in [4.69, 9.17) is 10.5 Å². The van der Waals surface area contributed by atoms with E-state index >= 15 is 0 Å². The highest BCUT2D eigenvalue weighted by Gasteiger charge is 2.04. The zero-order chi connectivity index (χ0) is 9.14. The summed E-state index contributed by atoms with van der Waals surface area (Å²) in [5, 5.41) is 0. The molecule has 1 rings (SSSR count). The second-order valence-corrected chi connectivity index (χ2v) is 3.01. The Labute approximate surface area is 85.5 Å². The smallest absolute Gasteiger partial charge is 0.119 e. The summed E-state index contributed by atoms with van der Waals surface area (Å²) in [5.74, 6) is 0.868. The lowest BCUT2D eigenvalue weighted by molar-refractivity contribution is 0.414. The molecule has 0 amide bonds. The zero-order valence-corrected chi connectivity index (χ0v) is 9.02. The van der Waals surface area contributed by atoms with E-state index in [0.29, 0.717) is 0 Å². The SMILES string of the molecule is COc1ccc(C)c(C(C)N)c1.Cl. The highest BCUT2D eigenvalue weighted by molar-refractivity contribution is 5.85. The first kappa shape index (κ1) is 12.3. The molecule has 2 N–H and O–H groups in total. The topological polar surface area (TPSA) is 35.2 Å². The molecule has 0 heterocycles. The Morgan fingerprint density at radius 2 is 2.00 bits per heavy atom. The van der Waals surface area contributed by atoms with E-state index in [-0.39, 0.29) is 18.4 Å². The van der Waals surface area contributed by atoms with Crippen LogP contribution in [0.3, 0.4) is 0 Å². The van der Waals surface area contributed by atoms with Gasteiger partial charge in [0, 0.05) is 6.04 Å². The number of benzene rings is 1. The molecule has 0 bridgehead atoms. The number of hydrogen-bond donors (Lipinski definition) is 1. The van der Waals surface area contributed by atoms with Crippen molar-refractivity contribution < 1.29 is 4.74 Å². The third kappa shape index (κ3) is 2.90. The fourth-order valence-corrected chi connectivity index (χ4v) is 1.24. The first-order chi connectivity index (χ1) is 5.65. The summed E-state index contributed by atoms with van der Waals surface area (Å²) >= 11 is 0. The van der Waals surface area contributed by atoms with Crippen LogP contribution >= 0.6 is 12.4 Å². The molecule has 3 heteroatoms. The van der Waals surface area contributed by atoms with Gasteiger partial charge in [-0.25, -0.2) is 0 Å². The molecule has 1 aromatic rings. The molecule has 0 saturated heterocycles.